The van der Waals surface area contributed by atoms with Gasteiger partial charge in [-0.25, -0.2) is 14.4 Å². The summed E-state index contributed by atoms with van der Waals surface area (Å²) in [5, 5.41) is 17.2. The molecule has 0 aliphatic carbocycles. The molecule has 8 nitrogen and oxygen atoms in total. The highest BCUT2D eigenvalue weighted by molar-refractivity contribution is 5.89. The molecule has 0 aliphatic heterocycles. The summed E-state index contributed by atoms with van der Waals surface area (Å²) in [5.74, 6) is -1.16. The summed E-state index contributed by atoms with van der Waals surface area (Å²) < 4.78 is 5.09. The summed E-state index contributed by atoms with van der Waals surface area (Å²) in [6.45, 7) is 10.7. The molecule has 0 heterocycles. The lowest BCUT2D eigenvalue weighted by atomic mass is 10.1. The van der Waals surface area contributed by atoms with Crippen LogP contribution in [0.15, 0.2) is 24.3 Å². The van der Waals surface area contributed by atoms with Crippen LogP contribution in [0.25, 0.3) is 0 Å². The number of nitrogens with one attached hydrogen (secondary N) is 3. The number of carbonyl (C=O) groups excluding carboxylic acids is 2. The van der Waals surface area contributed by atoms with Gasteiger partial charge >= 0.3 is 18.1 Å². The standard InChI is InChI=1S/C19H29N3O5/c1-18(2,3)22-16(25)20-13-9-7-12(8-10-13)11-14(15(23)24)21-17(26)27-19(4,5)6/h7-10,14H,11H2,1-6H3,(H,21,26)(H,23,24)(H2,20,22,25)/t14-/m1/s1. The Morgan fingerprint density at radius 1 is 1.04 bits per heavy atom. The van der Waals surface area contributed by atoms with Gasteiger partial charge in [-0.3, -0.25) is 0 Å². The highest BCUT2D eigenvalue weighted by Gasteiger charge is 2.24. The quantitative estimate of drug-likeness (QED) is 0.627. The minimum absolute atomic E-state index is 0.0864. The molecule has 4 N–H and O–H groups in total. The minimum atomic E-state index is -1.16. The number of ether oxygens (including phenoxy) is 1. The lowest BCUT2D eigenvalue weighted by molar-refractivity contribution is -0.139. The van der Waals surface area contributed by atoms with Crippen LogP contribution in [-0.4, -0.2) is 40.4 Å². The Labute approximate surface area is 159 Å². The van der Waals surface area contributed by atoms with E-state index in [0.29, 0.717) is 11.3 Å². The number of rotatable bonds is 5. The molecule has 0 saturated heterocycles. The Bertz CT molecular complexity index is 672. The Hall–Kier alpha value is -2.77. The SMILES string of the molecule is CC(C)(C)NC(=O)Nc1ccc(C[C@@H](NC(=O)OC(C)(C)C)C(=O)O)cc1. The van der Waals surface area contributed by atoms with Gasteiger partial charge in [0.2, 0.25) is 0 Å². The molecule has 27 heavy (non-hydrogen) atoms. The van der Waals surface area contributed by atoms with E-state index in [2.05, 4.69) is 16.0 Å². The maximum absolute atomic E-state index is 11.9. The number of carboxylic acid groups (broad SMARTS) is 1. The fourth-order valence-electron chi connectivity index (χ4n) is 2.11. The molecular formula is C19H29N3O5. The van der Waals surface area contributed by atoms with Gasteiger partial charge < -0.3 is 25.8 Å². The van der Waals surface area contributed by atoms with Gasteiger partial charge in [0.15, 0.2) is 0 Å². The Kier molecular flexibility index (Phi) is 7.21. The maximum atomic E-state index is 11.9. The molecule has 0 aromatic heterocycles. The van der Waals surface area contributed by atoms with Crippen LogP contribution in [-0.2, 0) is 16.0 Å². The molecule has 1 aromatic carbocycles. The summed E-state index contributed by atoms with van der Waals surface area (Å²) in [4.78, 5) is 35.1. The molecule has 0 saturated carbocycles. The topological polar surface area (TPSA) is 117 Å². The van der Waals surface area contributed by atoms with E-state index in [4.69, 9.17) is 4.74 Å². The van der Waals surface area contributed by atoms with Crippen molar-refractivity contribution < 1.29 is 24.2 Å². The van der Waals surface area contributed by atoms with Crippen LogP contribution in [0.1, 0.15) is 47.1 Å². The number of anilines is 1. The van der Waals surface area contributed by atoms with Gasteiger partial charge in [-0.05, 0) is 59.2 Å². The number of urea groups is 1. The molecule has 1 atom stereocenters. The van der Waals surface area contributed by atoms with Crippen molar-refractivity contribution in [3.8, 4) is 0 Å². The van der Waals surface area contributed by atoms with Crippen molar-refractivity contribution in [1.29, 1.82) is 0 Å². The number of hydrogen-bond acceptors (Lipinski definition) is 4. The van der Waals surface area contributed by atoms with Gasteiger partial charge in [0.1, 0.15) is 11.6 Å². The molecule has 0 radical (unpaired) electrons. The molecule has 0 aliphatic rings. The molecule has 0 fully saturated rings. The van der Waals surface area contributed by atoms with Crippen LogP contribution < -0.4 is 16.0 Å². The predicted octanol–water partition coefficient (Wildman–Crippen LogP) is 3.13. The zero-order chi connectivity index (χ0) is 20.8. The van der Waals surface area contributed by atoms with Crippen molar-refractivity contribution in [2.24, 2.45) is 0 Å². The van der Waals surface area contributed by atoms with Gasteiger partial charge in [0.25, 0.3) is 0 Å². The third-order valence-corrected chi connectivity index (χ3v) is 3.13. The first-order chi connectivity index (χ1) is 12.2. The van der Waals surface area contributed by atoms with E-state index in [1.807, 2.05) is 20.8 Å². The van der Waals surface area contributed by atoms with Crippen LogP contribution in [0.4, 0.5) is 15.3 Å². The van der Waals surface area contributed by atoms with E-state index < -0.39 is 23.7 Å². The van der Waals surface area contributed by atoms with Crippen LogP contribution in [0.3, 0.4) is 0 Å². The largest absolute Gasteiger partial charge is 0.480 e. The number of carbonyl (C=O) groups is 3. The molecule has 3 amide bonds. The highest BCUT2D eigenvalue weighted by atomic mass is 16.6. The average Bonchev–Trinajstić information content (AvgIpc) is 2.44. The van der Waals surface area contributed by atoms with Gasteiger partial charge in [-0.1, -0.05) is 12.1 Å². The van der Waals surface area contributed by atoms with Gasteiger partial charge in [0.05, 0.1) is 0 Å². The monoisotopic (exact) mass is 379 g/mol. The summed E-state index contributed by atoms with van der Waals surface area (Å²) in [7, 11) is 0. The van der Waals surface area contributed by atoms with E-state index in [9.17, 15) is 19.5 Å². The summed E-state index contributed by atoms with van der Waals surface area (Å²) in [6, 6.07) is 5.28. The summed E-state index contributed by atoms with van der Waals surface area (Å²) >= 11 is 0. The van der Waals surface area contributed by atoms with Crippen LogP contribution in [0.5, 0.6) is 0 Å². The van der Waals surface area contributed by atoms with Crippen LogP contribution >= 0.6 is 0 Å². The molecule has 0 bridgehead atoms. The second-order valence-corrected chi connectivity index (χ2v) is 8.27. The highest BCUT2D eigenvalue weighted by Crippen LogP contribution is 2.13. The second kappa shape index (κ2) is 8.75. The number of amides is 3. The average molecular weight is 379 g/mol. The maximum Gasteiger partial charge on any atom is 0.408 e. The van der Waals surface area contributed by atoms with Crippen molar-refractivity contribution in [2.75, 3.05) is 5.32 Å². The Balaban J connectivity index is 2.69. The molecular weight excluding hydrogens is 350 g/mol. The van der Waals surface area contributed by atoms with E-state index in [1.165, 1.54) is 0 Å². The molecule has 8 heteroatoms. The third kappa shape index (κ3) is 9.48. The van der Waals surface area contributed by atoms with Crippen LogP contribution in [0, 0.1) is 0 Å². The Morgan fingerprint density at radius 3 is 2.04 bits per heavy atom. The minimum Gasteiger partial charge on any atom is -0.480 e. The molecule has 1 rings (SSSR count). The third-order valence-electron chi connectivity index (χ3n) is 3.13. The normalized spacial score (nSPS) is 12.7. The molecule has 0 spiro atoms. The van der Waals surface area contributed by atoms with Crippen LogP contribution in [0.2, 0.25) is 0 Å². The predicted molar refractivity (Wildman–Crippen MR) is 103 cm³/mol. The fourth-order valence-corrected chi connectivity index (χ4v) is 2.11. The number of benzene rings is 1. The first-order valence-electron chi connectivity index (χ1n) is 8.65. The van der Waals surface area contributed by atoms with E-state index >= 15 is 0 Å². The lowest BCUT2D eigenvalue weighted by Gasteiger charge is -2.22. The number of alkyl carbamates (subject to hydrolysis) is 1. The number of hydrogen-bond donors (Lipinski definition) is 4. The smallest absolute Gasteiger partial charge is 0.408 e. The molecule has 150 valence electrons. The first-order valence-corrected chi connectivity index (χ1v) is 8.65. The summed E-state index contributed by atoms with van der Waals surface area (Å²) in [6.07, 6.45) is -0.699. The number of carboxylic acids is 1. The van der Waals surface area contributed by atoms with Gasteiger partial charge in [0, 0.05) is 17.6 Å². The van der Waals surface area contributed by atoms with Gasteiger partial charge in [-0.15, -0.1) is 0 Å². The second-order valence-electron chi connectivity index (χ2n) is 8.27. The van der Waals surface area contributed by atoms with Crippen molar-refractivity contribution in [3.63, 3.8) is 0 Å². The number of aliphatic carboxylic acids is 1. The van der Waals surface area contributed by atoms with Crippen molar-refractivity contribution >= 4 is 23.8 Å². The van der Waals surface area contributed by atoms with E-state index in [-0.39, 0.29) is 18.0 Å². The molecule has 1 aromatic rings. The summed E-state index contributed by atoms with van der Waals surface area (Å²) in [5.41, 5.74) is 0.202. The zero-order valence-corrected chi connectivity index (χ0v) is 16.7. The fraction of sp³-hybridized carbons (Fsp3) is 0.526. The van der Waals surface area contributed by atoms with Crippen molar-refractivity contribution in [3.05, 3.63) is 29.8 Å². The first kappa shape index (κ1) is 22.3. The Morgan fingerprint density at radius 2 is 1.59 bits per heavy atom. The van der Waals surface area contributed by atoms with E-state index in [0.717, 1.165) is 0 Å². The lowest BCUT2D eigenvalue weighted by Crippen LogP contribution is -2.44. The van der Waals surface area contributed by atoms with Crippen molar-refractivity contribution in [1.82, 2.24) is 10.6 Å². The van der Waals surface area contributed by atoms with Gasteiger partial charge in [-0.2, -0.15) is 0 Å². The van der Waals surface area contributed by atoms with E-state index in [1.54, 1.807) is 45.0 Å². The zero-order valence-electron chi connectivity index (χ0n) is 16.7. The molecule has 0 unspecified atom stereocenters. The van der Waals surface area contributed by atoms with Crippen molar-refractivity contribution in [2.45, 2.75) is 65.1 Å².